The Balaban J connectivity index is 3.05. The van der Waals surface area contributed by atoms with Crippen molar-refractivity contribution in [2.45, 2.75) is 157 Å². The van der Waals surface area contributed by atoms with Crippen LogP contribution in [-0.4, -0.2) is 0 Å². The molecule has 0 bridgehead atoms. The van der Waals surface area contributed by atoms with Crippen molar-refractivity contribution in [3.63, 3.8) is 0 Å². The highest BCUT2D eigenvalue weighted by atomic mass is 16.5. The maximum absolute atomic E-state index is 7.10. The van der Waals surface area contributed by atoms with Gasteiger partial charge in [0.25, 0.3) is 0 Å². The van der Waals surface area contributed by atoms with E-state index in [0.717, 1.165) is 11.5 Å². The predicted molar refractivity (Wildman–Crippen MR) is 165 cm³/mol. The van der Waals surface area contributed by atoms with Gasteiger partial charge in [-0.3, -0.25) is 0 Å². The molecule has 0 aliphatic carbocycles. The molecule has 0 saturated carbocycles. The highest BCUT2D eigenvalue weighted by Crippen LogP contribution is 2.49. The van der Waals surface area contributed by atoms with Crippen LogP contribution in [-0.2, 0) is 32.5 Å². The molecule has 0 fully saturated rings. The van der Waals surface area contributed by atoms with Crippen molar-refractivity contribution in [2.75, 3.05) is 0 Å². The van der Waals surface area contributed by atoms with E-state index in [0.29, 0.717) is 0 Å². The monoisotopic (exact) mass is 506 g/mol. The molecule has 0 spiro atoms. The Bertz CT molecular complexity index is 1030. The molecule has 208 valence electrons. The maximum atomic E-state index is 7.10. The summed E-state index contributed by atoms with van der Waals surface area (Å²) in [7, 11) is 0. The third-order valence-electron chi connectivity index (χ3n) is 7.17. The molecule has 2 rings (SSSR count). The fourth-order valence-corrected chi connectivity index (χ4v) is 5.75. The highest BCUT2D eigenvalue weighted by Gasteiger charge is 2.37. The van der Waals surface area contributed by atoms with Gasteiger partial charge in [0.05, 0.1) is 0 Å². The second kappa shape index (κ2) is 9.46. The van der Waals surface area contributed by atoms with Gasteiger partial charge in [0.1, 0.15) is 11.5 Å². The summed E-state index contributed by atoms with van der Waals surface area (Å²) in [6.07, 6.45) is 0. The molecule has 1 nitrogen and oxygen atoms in total. The van der Waals surface area contributed by atoms with E-state index in [4.69, 9.17) is 4.74 Å². The fourth-order valence-electron chi connectivity index (χ4n) is 5.75. The summed E-state index contributed by atoms with van der Waals surface area (Å²) in [5.74, 6) is 1.97. The summed E-state index contributed by atoms with van der Waals surface area (Å²) in [5.41, 5.74) is 8.24. The Morgan fingerprint density at radius 1 is 0.324 bits per heavy atom. The maximum Gasteiger partial charge on any atom is 0.131 e. The van der Waals surface area contributed by atoms with E-state index in [2.05, 4.69) is 149 Å². The molecule has 1 heteroatoms. The minimum absolute atomic E-state index is 0.00981. The zero-order chi connectivity index (χ0) is 29.2. The summed E-state index contributed by atoms with van der Waals surface area (Å²) in [6.45, 7) is 41.9. The topological polar surface area (TPSA) is 9.23 Å². The van der Waals surface area contributed by atoms with Crippen molar-refractivity contribution >= 4 is 0 Å². The second-order valence-corrected chi connectivity index (χ2v) is 17.3. The number of ether oxygens (including phenoxy) is 1. The third kappa shape index (κ3) is 6.82. The van der Waals surface area contributed by atoms with Crippen LogP contribution in [0.15, 0.2) is 24.3 Å². The van der Waals surface area contributed by atoms with Crippen LogP contribution in [0.2, 0.25) is 0 Å². The van der Waals surface area contributed by atoms with Crippen LogP contribution < -0.4 is 4.74 Å². The first-order valence-corrected chi connectivity index (χ1v) is 14.2. The summed E-state index contributed by atoms with van der Waals surface area (Å²) >= 11 is 0. The third-order valence-corrected chi connectivity index (χ3v) is 7.17. The Labute approximate surface area is 230 Å². The van der Waals surface area contributed by atoms with Crippen LogP contribution in [0.4, 0.5) is 0 Å². The molecule has 0 aliphatic rings. The van der Waals surface area contributed by atoms with E-state index in [1.807, 2.05) is 0 Å². The van der Waals surface area contributed by atoms with E-state index < -0.39 is 0 Å². The zero-order valence-corrected chi connectivity index (χ0v) is 27.7. The van der Waals surface area contributed by atoms with E-state index in [-0.39, 0.29) is 32.5 Å². The molecule has 0 saturated heterocycles. The van der Waals surface area contributed by atoms with Crippen LogP contribution >= 0.6 is 0 Å². The van der Waals surface area contributed by atoms with Crippen molar-refractivity contribution in [1.82, 2.24) is 0 Å². The van der Waals surface area contributed by atoms with E-state index in [1.165, 1.54) is 33.4 Å². The molecular formula is C36H58O. The summed E-state index contributed by atoms with van der Waals surface area (Å²) in [5, 5.41) is 0. The first kappa shape index (κ1) is 31.5. The average molecular weight is 507 g/mol. The van der Waals surface area contributed by atoms with Crippen molar-refractivity contribution in [3.8, 4) is 11.5 Å². The first-order valence-electron chi connectivity index (χ1n) is 14.2. The minimum Gasteiger partial charge on any atom is -0.457 e. The van der Waals surface area contributed by atoms with Crippen molar-refractivity contribution in [2.24, 2.45) is 0 Å². The highest BCUT2D eigenvalue weighted by molar-refractivity contribution is 5.58. The largest absolute Gasteiger partial charge is 0.457 e. The molecule has 0 radical (unpaired) electrons. The lowest BCUT2D eigenvalue weighted by atomic mass is 9.68. The molecular weight excluding hydrogens is 448 g/mol. The van der Waals surface area contributed by atoms with Gasteiger partial charge in [-0.15, -0.1) is 0 Å². The lowest BCUT2D eigenvalue weighted by Crippen LogP contribution is -2.29. The summed E-state index contributed by atoms with van der Waals surface area (Å²) in [4.78, 5) is 0. The number of rotatable bonds is 2. The molecule has 0 aliphatic heterocycles. The second-order valence-electron chi connectivity index (χ2n) is 17.3. The van der Waals surface area contributed by atoms with Gasteiger partial charge in [0.15, 0.2) is 0 Å². The SMILES string of the molecule is CC(C)(C)c1ccc(Oc2ccc(C(C)(C)C)c(C(C)(C)C)c2C(C)(C)C)c(C(C)(C)C)c1C(C)(C)C. The zero-order valence-electron chi connectivity index (χ0n) is 27.7. The Morgan fingerprint density at radius 3 is 0.757 bits per heavy atom. The van der Waals surface area contributed by atoms with Crippen molar-refractivity contribution in [3.05, 3.63) is 57.6 Å². The Morgan fingerprint density at radius 2 is 0.568 bits per heavy atom. The molecule has 0 heterocycles. The van der Waals surface area contributed by atoms with E-state index in [1.54, 1.807) is 0 Å². The predicted octanol–water partition coefficient (Wildman–Crippen LogP) is 11.3. The Hall–Kier alpha value is -1.76. The first-order chi connectivity index (χ1) is 16.2. The normalized spacial score (nSPS) is 14.2. The van der Waals surface area contributed by atoms with Gasteiger partial charge in [0, 0.05) is 11.1 Å². The number of hydrogen-bond acceptors (Lipinski definition) is 1. The van der Waals surface area contributed by atoms with Crippen LogP contribution in [0, 0.1) is 0 Å². The van der Waals surface area contributed by atoms with Crippen LogP contribution in [0.1, 0.15) is 158 Å². The summed E-state index contributed by atoms with van der Waals surface area (Å²) < 4.78 is 7.10. The van der Waals surface area contributed by atoms with Crippen molar-refractivity contribution in [1.29, 1.82) is 0 Å². The lowest BCUT2D eigenvalue weighted by molar-refractivity contribution is 0.414. The molecule has 37 heavy (non-hydrogen) atoms. The smallest absolute Gasteiger partial charge is 0.131 e. The molecule has 2 aromatic carbocycles. The Kier molecular flexibility index (Phi) is 8.04. The molecule has 0 unspecified atom stereocenters. The van der Waals surface area contributed by atoms with Gasteiger partial charge in [-0.05, 0) is 66.9 Å². The molecule has 2 aromatic rings. The van der Waals surface area contributed by atoms with Gasteiger partial charge in [-0.25, -0.2) is 0 Å². The van der Waals surface area contributed by atoms with Crippen LogP contribution in [0.3, 0.4) is 0 Å². The van der Waals surface area contributed by atoms with Gasteiger partial charge < -0.3 is 4.74 Å². The van der Waals surface area contributed by atoms with Crippen LogP contribution in [0.25, 0.3) is 0 Å². The quantitative estimate of drug-likeness (QED) is 0.393. The van der Waals surface area contributed by atoms with Crippen molar-refractivity contribution < 1.29 is 4.74 Å². The minimum atomic E-state index is -0.0701. The van der Waals surface area contributed by atoms with Gasteiger partial charge in [-0.1, -0.05) is 137 Å². The molecule has 0 atom stereocenters. The molecule has 0 N–H and O–H groups in total. The fraction of sp³-hybridized carbons (Fsp3) is 0.667. The number of hydrogen-bond donors (Lipinski definition) is 0. The molecule has 0 amide bonds. The standard InChI is InChI=1S/C36H58O/c1-31(2,3)23-19-21-25(29(35(13,14)15)27(23)33(7,8)9)37-26-22-20-24(32(4,5)6)28(34(10,11)12)30(26)36(16,17)18/h19-22H,1-18H3. The van der Waals surface area contributed by atoms with Gasteiger partial charge in [-0.2, -0.15) is 0 Å². The average Bonchev–Trinajstić information content (AvgIpc) is 2.62. The van der Waals surface area contributed by atoms with Crippen LogP contribution in [0.5, 0.6) is 11.5 Å². The van der Waals surface area contributed by atoms with E-state index >= 15 is 0 Å². The summed E-state index contributed by atoms with van der Waals surface area (Å²) in [6, 6.07) is 9.10. The number of benzene rings is 2. The van der Waals surface area contributed by atoms with E-state index in [9.17, 15) is 0 Å². The lowest BCUT2D eigenvalue weighted by Gasteiger charge is -2.39. The molecule has 0 aromatic heterocycles. The van der Waals surface area contributed by atoms with Gasteiger partial charge >= 0.3 is 0 Å². The van der Waals surface area contributed by atoms with Gasteiger partial charge in [0.2, 0.25) is 0 Å².